The average Bonchev–Trinajstić information content (AvgIpc) is 2.48. The van der Waals surface area contributed by atoms with Crippen LogP contribution in [0.1, 0.15) is 5.56 Å². The first-order valence-electron chi connectivity index (χ1n) is 6.05. The van der Waals surface area contributed by atoms with Crippen LogP contribution in [0.3, 0.4) is 0 Å². The molecule has 0 aliphatic carbocycles. The molecule has 1 N–H and O–H groups in total. The average molecular weight is 296 g/mol. The second kappa shape index (κ2) is 6.48. The molecule has 0 unspecified atom stereocenters. The molecule has 3 nitrogen and oxygen atoms in total. The zero-order valence-electron chi connectivity index (χ0n) is 11.2. The molecule has 0 aromatic heterocycles. The summed E-state index contributed by atoms with van der Waals surface area (Å²) in [6.07, 6.45) is 0. The van der Waals surface area contributed by atoms with Crippen LogP contribution in [0.15, 0.2) is 36.4 Å². The lowest BCUT2D eigenvalue weighted by atomic mass is 10.1. The first-order chi connectivity index (χ1) is 9.67. The van der Waals surface area contributed by atoms with E-state index in [1.165, 1.54) is 6.07 Å². The van der Waals surface area contributed by atoms with Crippen molar-refractivity contribution in [2.24, 2.45) is 0 Å². The van der Waals surface area contributed by atoms with Gasteiger partial charge in [-0.05, 0) is 18.2 Å². The standard InChI is InChI=1S/C15H15ClFNO2/c1-19-13-8-3-5-10(15(13)20-2)9-18-12-7-4-6-11(16)14(12)17/h3-8,18H,9H2,1-2H3. The molecule has 0 atom stereocenters. The fraction of sp³-hybridized carbons (Fsp3) is 0.200. The highest BCUT2D eigenvalue weighted by atomic mass is 35.5. The van der Waals surface area contributed by atoms with Gasteiger partial charge >= 0.3 is 0 Å². The molecule has 0 heterocycles. The normalized spacial score (nSPS) is 10.2. The Balaban J connectivity index is 2.21. The van der Waals surface area contributed by atoms with E-state index in [1.807, 2.05) is 18.2 Å². The first-order valence-corrected chi connectivity index (χ1v) is 6.43. The molecule has 2 rings (SSSR count). The van der Waals surface area contributed by atoms with E-state index in [0.29, 0.717) is 23.7 Å². The SMILES string of the molecule is COc1cccc(CNc2cccc(Cl)c2F)c1OC. The maximum Gasteiger partial charge on any atom is 0.165 e. The molecular formula is C15H15ClFNO2. The Morgan fingerprint density at radius 3 is 2.55 bits per heavy atom. The predicted octanol–water partition coefficient (Wildman–Crippen LogP) is 4.11. The molecule has 0 saturated carbocycles. The van der Waals surface area contributed by atoms with Gasteiger partial charge in [0.1, 0.15) is 0 Å². The Morgan fingerprint density at radius 1 is 1.10 bits per heavy atom. The van der Waals surface area contributed by atoms with Gasteiger partial charge in [0.25, 0.3) is 0 Å². The van der Waals surface area contributed by atoms with Gasteiger partial charge in [0.15, 0.2) is 17.3 Å². The fourth-order valence-corrected chi connectivity index (χ4v) is 2.10. The van der Waals surface area contributed by atoms with Crippen molar-refractivity contribution in [2.45, 2.75) is 6.54 Å². The monoisotopic (exact) mass is 295 g/mol. The summed E-state index contributed by atoms with van der Waals surface area (Å²) in [5.74, 6) is 0.805. The van der Waals surface area contributed by atoms with Crippen molar-refractivity contribution in [3.05, 3.63) is 52.8 Å². The third kappa shape index (κ3) is 2.96. The quantitative estimate of drug-likeness (QED) is 0.900. The topological polar surface area (TPSA) is 30.5 Å². The summed E-state index contributed by atoms with van der Waals surface area (Å²) in [6.45, 7) is 0.400. The second-order valence-corrected chi connectivity index (χ2v) is 4.51. The first kappa shape index (κ1) is 14.5. The van der Waals surface area contributed by atoms with Crippen LogP contribution in [-0.2, 0) is 6.54 Å². The minimum absolute atomic E-state index is 0.0904. The smallest absolute Gasteiger partial charge is 0.165 e. The molecule has 2 aromatic rings. The van der Waals surface area contributed by atoms with Crippen LogP contribution in [0.4, 0.5) is 10.1 Å². The van der Waals surface area contributed by atoms with Gasteiger partial charge in [0.05, 0.1) is 24.9 Å². The molecular weight excluding hydrogens is 281 g/mol. The van der Waals surface area contributed by atoms with Crippen LogP contribution in [0.2, 0.25) is 5.02 Å². The highest BCUT2D eigenvalue weighted by Gasteiger charge is 2.11. The Hall–Kier alpha value is -1.94. The molecule has 0 amide bonds. The van der Waals surface area contributed by atoms with Gasteiger partial charge in [0.2, 0.25) is 0 Å². The van der Waals surface area contributed by atoms with Crippen LogP contribution < -0.4 is 14.8 Å². The summed E-state index contributed by atoms with van der Waals surface area (Å²) in [5, 5.41) is 3.09. The Kier molecular flexibility index (Phi) is 4.69. The Labute approximate surface area is 122 Å². The number of benzene rings is 2. The number of hydrogen-bond donors (Lipinski definition) is 1. The number of anilines is 1. The molecule has 20 heavy (non-hydrogen) atoms. The number of nitrogens with one attached hydrogen (secondary N) is 1. The maximum atomic E-state index is 13.8. The number of methoxy groups -OCH3 is 2. The number of hydrogen-bond acceptors (Lipinski definition) is 3. The van der Waals surface area contributed by atoms with E-state index in [4.69, 9.17) is 21.1 Å². The number of rotatable bonds is 5. The van der Waals surface area contributed by atoms with Crippen LogP contribution in [0.5, 0.6) is 11.5 Å². The summed E-state index contributed by atoms with van der Waals surface area (Å²) in [5.41, 5.74) is 1.22. The molecule has 0 radical (unpaired) electrons. The van der Waals surface area contributed by atoms with Gasteiger partial charge in [-0.15, -0.1) is 0 Å². The molecule has 0 spiro atoms. The van der Waals surface area contributed by atoms with E-state index in [-0.39, 0.29) is 5.02 Å². The minimum atomic E-state index is -0.462. The van der Waals surface area contributed by atoms with Crippen molar-refractivity contribution >= 4 is 17.3 Å². The van der Waals surface area contributed by atoms with Crippen molar-refractivity contribution in [2.75, 3.05) is 19.5 Å². The molecule has 5 heteroatoms. The van der Waals surface area contributed by atoms with Gasteiger partial charge in [-0.2, -0.15) is 0 Å². The lowest BCUT2D eigenvalue weighted by Crippen LogP contribution is -2.04. The van der Waals surface area contributed by atoms with Gasteiger partial charge in [0, 0.05) is 12.1 Å². The highest BCUT2D eigenvalue weighted by Crippen LogP contribution is 2.31. The van der Waals surface area contributed by atoms with E-state index < -0.39 is 5.82 Å². The van der Waals surface area contributed by atoms with E-state index in [2.05, 4.69) is 5.32 Å². The second-order valence-electron chi connectivity index (χ2n) is 4.11. The van der Waals surface area contributed by atoms with E-state index >= 15 is 0 Å². The molecule has 0 fully saturated rings. The van der Waals surface area contributed by atoms with Crippen LogP contribution in [-0.4, -0.2) is 14.2 Å². The minimum Gasteiger partial charge on any atom is -0.493 e. The van der Waals surface area contributed by atoms with E-state index in [0.717, 1.165) is 5.56 Å². The zero-order chi connectivity index (χ0) is 14.5. The Bertz CT molecular complexity index is 604. The summed E-state index contributed by atoms with van der Waals surface area (Å²) in [4.78, 5) is 0. The van der Waals surface area contributed by atoms with Gasteiger partial charge < -0.3 is 14.8 Å². The molecule has 0 aliphatic heterocycles. The van der Waals surface area contributed by atoms with Crippen LogP contribution in [0, 0.1) is 5.82 Å². The fourth-order valence-electron chi connectivity index (χ4n) is 1.92. The van der Waals surface area contributed by atoms with E-state index in [1.54, 1.807) is 26.4 Å². The largest absolute Gasteiger partial charge is 0.493 e. The predicted molar refractivity (Wildman–Crippen MR) is 78.3 cm³/mol. The van der Waals surface area contributed by atoms with Gasteiger partial charge in [-0.3, -0.25) is 0 Å². The van der Waals surface area contributed by atoms with Crippen molar-refractivity contribution < 1.29 is 13.9 Å². The molecule has 0 bridgehead atoms. The van der Waals surface area contributed by atoms with Crippen molar-refractivity contribution in [1.82, 2.24) is 0 Å². The zero-order valence-corrected chi connectivity index (χ0v) is 12.0. The summed E-state index contributed by atoms with van der Waals surface area (Å²) >= 11 is 5.74. The third-order valence-corrected chi connectivity index (χ3v) is 3.20. The summed E-state index contributed by atoms with van der Waals surface area (Å²) in [7, 11) is 3.15. The lowest BCUT2D eigenvalue weighted by molar-refractivity contribution is 0.352. The maximum absolute atomic E-state index is 13.8. The Morgan fingerprint density at radius 2 is 1.85 bits per heavy atom. The van der Waals surface area contributed by atoms with E-state index in [9.17, 15) is 4.39 Å². The van der Waals surface area contributed by atoms with Gasteiger partial charge in [-0.25, -0.2) is 4.39 Å². The van der Waals surface area contributed by atoms with Crippen molar-refractivity contribution in [3.8, 4) is 11.5 Å². The number of ether oxygens (including phenoxy) is 2. The molecule has 0 aliphatic rings. The summed E-state index contributed by atoms with van der Waals surface area (Å²) in [6, 6.07) is 10.4. The van der Waals surface area contributed by atoms with Gasteiger partial charge in [-0.1, -0.05) is 29.8 Å². The summed E-state index contributed by atoms with van der Waals surface area (Å²) < 4.78 is 24.3. The number of para-hydroxylation sites is 1. The molecule has 2 aromatic carbocycles. The number of halogens is 2. The van der Waals surface area contributed by atoms with Crippen molar-refractivity contribution in [1.29, 1.82) is 0 Å². The third-order valence-electron chi connectivity index (χ3n) is 2.91. The highest BCUT2D eigenvalue weighted by molar-refractivity contribution is 6.31. The lowest BCUT2D eigenvalue weighted by Gasteiger charge is -2.14. The van der Waals surface area contributed by atoms with Crippen LogP contribution in [0.25, 0.3) is 0 Å². The van der Waals surface area contributed by atoms with Crippen LogP contribution >= 0.6 is 11.6 Å². The molecule has 0 saturated heterocycles. The van der Waals surface area contributed by atoms with Crippen molar-refractivity contribution in [3.63, 3.8) is 0 Å². The molecule has 106 valence electrons.